The SMILES string of the molecule is C=CCOC(=O)[C@@H](COCc1ccccc1)NC(=O)OC(C)(C)C. The molecule has 0 aliphatic heterocycles. The van der Waals surface area contributed by atoms with E-state index in [9.17, 15) is 9.59 Å². The van der Waals surface area contributed by atoms with Crippen molar-refractivity contribution in [2.45, 2.75) is 39.0 Å². The van der Waals surface area contributed by atoms with Gasteiger partial charge in [-0.3, -0.25) is 0 Å². The predicted octanol–water partition coefficient (Wildman–Crippen LogP) is 2.83. The van der Waals surface area contributed by atoms with Crippen LogP contribution in [0.1, 0.15) is 26.3 Å². The van der Waals surface area contributed by atoms with Gasteiger partial charge >= 0.3 is 12.1 Å². The van der Waals surface area contributed by atoms with Crippen LogP contribution in [0.15, 0.2) is 43.0 Å². The molecule has 1 N–H and O–H groups in total. The summed E-state index contributed by atoms with van der Waals surface area (Å²) in [5.74, 6) is -0.603. The molecule has 24 heavy (non-hydrogen) atoms. The van der Waals surface area contributed by atoms with E-state index in [2.05, 4.69) is 11.9 Å². The third-order valence-corrected chi connectivity index (χ3v) is 2.71. The Labute approximate surface area is 142 Å². The summed E-state index contributed by atoms with van der Waals surface area (Å²) in [5, 5.41) is 2.47. The van der Waals surface area contributed by atoms with Crippen LogP contribution >= 0.6 is 0 Å². The predicted molar refractivity (Wildman–Crippen MR) is 90.4 cm³/mol. The summed E-state index contributed by atoms with van der Waals surface area (Å²) in [6.45, 7) is 9.06. The Kier molecular flexibility index (Phi) is 7.98. The zero-order chi connectivity index (χ0) is 18.0. The minimum absolute atomic E-state index is 0.0237. The van der Waals surface area contributed by atoms with Crippen LogP contribution in [0.4, 0.5) is 4.79 Å². The van der Waals surface area contributed by atoms with Crippen LogP contribution in [0.3, 0.4) is 0 Å². The number of hydrogen-bond donors (Lipinski definition) is 1. The minimum Gasteiger partial charge on any atom is -0.460 e. The van der Waals surface area contributed by atoms with E-state index in [-0.39, 0.29) is 13.2 Å². The van der Waals surface area contributed by atoms with Crippen LogP contribution in [0.25, 0.3) is 0 Å². The molecule has 1 rings (SSSR count). The summed E-state index contributed by atoms with van der Waals surface area (Å²) < 4.78 is 15.7. The number of nitrogens with one attached hydrogen (secondary N) is 1. The third kappa shape index (κ3) is 8.33. The average Bonchev–Trinajstić information content (AvgIpc) is 2.51. The Hall–Kier alpha value is -2.34. The third-order valence-electron chi connectivity index (χ3n) is 2.71. The van der Waals surface area contributed by atoms with Gasteiger partial charge in [0, 0.05) is 0 Å². The van der Waals surface area contributed by atoms with E-state index in [0.29, 0.717) is 6.61 Å². The molecule has 0 aliphatic rings. The first-order chi connectivity index (χ1) is 11.3. The van der Waals surface area contributed by atoms with E-state index in [1.807, 2.05) is 30.3 Å². The van der Waals surface area contributed by atoms with Crippen LogP contribution in [-0.2, 0) is 25.6 Å². The zero-order valence-corrected chi connectivity index (χ0v) is 14.4. The quantitative estimate of drug-likeness (QED) is 0.584. The monoisotopic (exact) mass is 335 g/mol. The summed E-state index contributed by atoms with van der Waals surface area (Å²) in [6.07, 6.45) is 0.749. The van der Waals surface area contributed by atoms with Gasteiger partial charge in [-0.15, -0.1) is 0 Å². The molecule has 0 spiro atoms. The normalized spacial score (nSPS) is 12.1. The van der Waals surface area contributed by atoms with Crippen LogP contribution in [-0.4, -0.2) is 36.9 Å². The summed E-state index contributed by atoms with van der Waals surface area (Å²) in [5.41, 5.74) is 0.304. The highest BCUT2D eigenvalue weighted by Gasteiger charge is 2.25. The van der Waals surface area contributed by atoms with E-state index in [1.54, 1.807) is 20.8 Å². The smallest absolute Gasteiger partial charge is 0.408 e. The molecule has 0 aliphatic carbocycles. The molecule has 0 aromatic heterocycles. The van der Waals surface area contributed by atoms with Crippen molar-refractivity contribution in [1.29, 1.82) is 0 Å². The summed E-state index contributed by atoms with van der Waals surface area (Å²) >= 11 is 0. The Morgan fingerprint density at radius 1 is 1.25 bits per heavy atom. The molecule has 6 heteroatoms. The number of benzene rings is 1. The van der Waals surface area contributed by atoms with Gasteiger partial charge in [-0.1, -0.05) is 43.0 Å². The fourth-order valence-electron chi connectivity index (χ4n) is 1.73. The molecule has 1 atom stereocenters. The number of amides is 1. The van der Waals surface area contributed by atoms with E-state index < -0.39 is 23.7 Å². The second kappa shape index (κ2) is 9.72. The van der Waals surface area contributed by atoms with Crippen LogP contribution in [0.5, 0.6) is 0 Å². The average molecular weight is 335 g/mol. The van der Waals surface area contributed by atoms with E-state index in [0.717, 1.165) is 5.56 Å². The van der Waals surface area contributed by atoms with Crippen molar-refractivity contribution >= 4 is 12.1 Å². The Balaban J connectivity index is 2.58. The first kappa shape index (κ1) is 19.7. The molecule has 6 nitrogen and oxygen atoms in total. The molecular weight excluding hydrogens is 310 g/mol. The minimum atomic E-state index is -0.955. The molecule has 0 saturated carbocycles. The van der Waals surface area contributed by atoms with Crippen molar-refractivity contribution in [3.8, 4) is 0 Å². The second-order valence-corrected chi connectivity index (χ2v) is 6.12. The second-order valence-electron chi connectivity index (χ2n) is 6.12. The molecule has 0 unspecified atom stereocenters. The first-order valence-corrected chi connectivity index (χ1v) is 7.70. The lowest BCUT2D eigenvalue weighted by molar-refractivity contribution is -0.146. The number of carbonyl (C=O) groups is 2. The van der Waals surface area contributed by atoms with Gasteiger partial charge in [-0.2, -0.15) is 0 Å². The highest BCUT2D eigenvalue weighted by molar-refractivity contribution is 5.81. The van der Waals surface area contributed by atoms with Crippen molar-refractivity contribution in [2.24, 2.45) is 0 Å². The molecule has 1 aromatic rings. The lowest BCUT2D eigenvalue weighted by atomic mass is 10.2. The maximum Gasteiger partial charge on any atom is 0.408 e. The molecule has 0 saturated heterocycles. The van der Waals surface area contributed by atoms with Crippen molar-refractivity contribution < 1.29 is 23.8 Å². The Bertz CT molecular complexity index is 536. The topological polar surface area (TPSA) is 73.9 Å². The molecule has 0 fully saturated rings. The fourth-order valence-corrected chi connectivity index (χ4v) is 1.73. The van der Waals surface area contributed by atoms with Gasteiger partial charge in [0.25, 0.3) is 0 Å². The molecule has 0 heterocycles. The zero-order valence-electron chi connectivity index (χ0n) is 14.4. The maximum absolute atomic E-state index is 12.0. The van der Waals surface area contributed by atoms with Gasteiger partial charge < -0.3 is 19.5 Å². The van der Waals surface area contributed by atoms with Gasteiger partial charge in [0.2, 0.25) is 0 Å². The summed E-state index contributed by atoms with van der Waals surface area (Å²) in [4.78, 5) is 23.9. The van der Waals surface area contributed by atoms with Gasteiger partial charge in [-0.05, 0) is 26.3 Å². The van der Waals surface area contributed by atoms with Crippen LogP contribution in [0.2, 0.25) is 0 Å². The van der Waals surface area contributed by atoms with Crippen LogP contribution in [0, 0.1) is 0 Å². The lowest BCUT2D eigenvalue weighted by Gasteiger charge is -2.22. The van der Waals surface area contributed by atoms with Crippen molar-refractivity contribution in [1.82, 2.24) is 5.32 Å². The van der Waals surface area contributed by atoms with Gasteiger partial charge in [0.05, 0.1) is 13.2 Å². The number of rotatable bonds is 8. The summed E-state index contributed by atoms with van der Waals surface area (Å²) in [7, 11) is 0. The number of alkyl carbamates (subject to hydrolysis) is 1. The van der Waals surface area contributed by atoms with Crippen molar-refractivity contribution in [3.63, 3.8) is 0 Å². The number of ether oxygens (including phenoxy) is 3. The number of hydrogen-bond acceptors (Lipinski definition) is 5. The van der Waals surface area contributed by atoms with E-state index in [4.69, 9.17) is 14.2 Å². The molecule has 1 aromatic carbocycles. The molecule has 1 amide bonds. The highest BCUT2D eigenvalue weighted by Crippen LogP contribution is 2.07. The fraction of sp³-hybridized carbons (Fsp3) is 0.444. The van der Waals surface area contributed by atoms with E-state index in [1.165, 1.54) is 6.08 Å². The molecule has 132 valence electrons. The standard InChI is InChI=1S/C18H25NO5/c1-5-11-23-16(20)15(19-17(21)24-18(2,3)4)13-22-12-14-9-7-6-8-10-14/h5-10,15H,1,11-13H2,2-4H3,(H,19,21)/t15-/m1/s1. The lowest BCUT2D eigenvalue weighted by Crippen LogP contribution is -2.46. The number of esters is 1. The Morgan fingerprint density at radius 2 is 1.92 bits per heavy atom. The highest BCUT2D eigenvalue weighted by atomic mass is 16.6. The largest absolute Gasteiger partial charge is 0.460 e. The first-order valence-electron chi connectivity index (χ1n) is 7.70. The van der Waals surface area contributed by atoms with Crippen LogP contribution < -0.4 is 5.32 Å². The maximum atomic E-state index is 12.0. The molecular formula is C18H25NO5. The van der Waals surface area contributed by atoms with Gasteiger partial charge in [0.15, 0.2) is 6.04 Å². The Morgan fingerprint density at radius 3 is 2.50 bits per heavy atom. The van der Waals surface area contributed by atoms with Gasteiger partial charge in [0.1, 0.15) is 12.2 Å². The van der Waals surface area contributed by atoms with Crippen molar-refractivity contribution in [3.05, 3.63) is 48.6 Å². The van der Waals surface area contributed by atoms with Crippen molar-refractivity contribution in [2.75, 3.05) is 13.2 Å². The molecule has 0 bridgehead atoms. The van der Waals surface area contributed by atoms with Gasteiger partial charge in [-0.25, -0.2) is 9.59 Å². The number of carbonyl (C=O) groups excluding carboxylic acids is 2. The molecule has 0 radical (unpaired) electrons. The summed E-state index contributed by atoms with van der Waals surface area (Å²) in [6, 6.07) is 8.56. The van der Waals surface area contributed by atoms with E-state index >= 15 is 0 Å².